The molecule has 0 fully saturated rings. The van der Waals surface area contributed by atoms with Crippen LogP contribution in [-0.2, 0) is 15.7 Å². The van der Waals surface area contributed by atoms with Gasteiger partial charge in [-0.05, 0) is 42.3 Å². The zero-order valence-electron chi connectivity index (χ0n) is 13.8. The Hall–Kier alpha value is -2.72. The lowest BCUT2D eigenvalue weighted by atomic mass is 9.59. The molecular weight excluding hydrogens is 300 g/mol. The molecule has 0 spiro atoms. The van der Waals surface area contributed by atoms with E-state index < -0.39 is 11.0 Å². The van der Waals surface area contributed by atoms with Crippen molar-refractivity contribution in [2.45, 2.75) is 17.9 Å². The molecule has 2 aromatic rings. The Morgan fingerprint density at radius 3 is 2.46 bits per heavy atom. The van der Waals surface area contributed by atoms with Crippen molar-refractivity contribution in [2.75, 3.05) is 7.11 Å². The molecule has 2 unspecified atom stereocenters. The number of rotatable bonds is 4. The number of hydrogen-bond donors (Lipinski definition) is 1. The summed E-state index contributed by atoms with van der Waals surface area (Å²) in [5.41, 5.74) is 6.46. The Morgan fingerprint density at radius 1 is 1.08 bits per heavy atom. The van der Waals surface area contributed by atoms with Crippen LogP contribution in [0.2, 0.25) is 0 Å². The van der Waals surface area contributed by atoms with E-state index >= 15 is 0 Å². The Bertz CT molecular complexity index is 813. The normalized spacial score (nSPS) is 25.5. The van der Waals surface area contributed by atoms with Gasteiger partial charge in [0.15, 0.2) is 0 Å². The lowest BCUT2D eigenvalue weighted by Gasteiger charge is -2.45. The zero-order chi connectivity index (χ0) is 17.2. The predicted octanol–water partition coefficient (Wildman–Crippen LogP) is 2.90. The summed E-state index contributed by atoms with van der Waals surface area (Å²) in [5.74, 6) is 0.656. The molecule has 4 nitrogen and oxygen atoms in total. The van der Waals surface area contributed by atoms with Gasteiger partial charge in [-0.1, -0.05) is 36.4 Å². The van der Waals surface area contributed by atoms with Gasteiger partial charge in [-0.25, -0.2) is 0 Å². The van der Waals surface area contributed by atoms with E-state index in [9.17, 15) is 4.79 Å². The van der Waals surface area contributed by atoms with Gasteiger partial charge >= 0.3 is 0 Å². The molecule has 0 saturated carbocycles. The summed E-state index contributed by atoms with van der Waals surface area (Å²) in [6.45, 7) is 1.58. The van der Waals surface area contributed by atoms with E-state index in [0.717, 1.165) is 11.1 Å². The molecule has 1 aromatic heterocycles. The topological polar surface area (TPSA) is 65.2 Å². The summed E-state index contributed by atoms with van der Waals surface area (Å²) < 4.78 is 5.34. The van der Waals surface area contributed by atoms with Gasteiger partial charge in [-0.2, -0.15) is 0 Å². The molecule has 0 saturated heterocycles. The molecule has 1 aromatic carbocycles. The third kappa shape index (κ3) is 2.27. The minimum Gasteiger partial charge on any atom is -0.497 e. The summed E-state index contributed by atoms with van der Waals surface area (Å²) >= 11 is 0. The molecule has 3 rings (SSSR count). The van der Waals surface area contributed by atoms with E-state index in [-0.39, 0.29) is 5.78 Å². The smallest absolute Gasteiger partial charge is 0.146 e. The number of hydrogen-bond acceptors (Lipinski definition) is 4. The van der Waals surface area contributed by atoms with E-state index in [1.807, 2.05) is 60.7 Å². The highest BCUT2D eigenvalue weighted by Crippen LogP contribution is 2.46. The third-order valence-electron chi connectivity index (χ3n) is 4.71. The Morgan fingerprint density at radius 2 is 1.79 bits per heavy atom. The molecule has 0 aliphatic heterocycles. The number of nitrogens with two attached hydrogens (primary N) is 1. The number of pyridine rings is 1. The number of aromatic nitrogens is 1. The fourth-order valence-corrected chi connectivity index (χ4v) is 3.44. The first kappa shape index (κ1) is 16.1. The highest BCUT2D eigenvalue weighted by atomic mass is 16.5. The summed E-state index contributed by atoms with van der Waals surface area (Å²) in [6, 6.07) is 11.2. The number of Topliss-reactive ketones (excluding diaryl/α,β-unsaturated/α-hetero) is 1. The van der Waals surface area contributed by atoms with Crippen molar-refractivity contribution < 1.29 is 9.53 Å². The van der Waals surface area contributed by atoms with Crippen LogP contribution in [0.15, 0.2) is 73.1 Å². The molecule has 4 heteroatoms. The number of allylic oxidation sites excluding steroid dienone is 2. The maximum absolute atomic E-state index is 12.9. The molecule has 122 valence electrons. The van der Waals surface area contributed by atoms with Crippen LogP contribution < -0.4 is 10.5 Å². The number of methoxy groups -OCH3 is 1. The first-order chi connectivity index (χ1) is 11.5. The van der Waals surface area contributed by atoms with Crippen molar-refractivity contribution in [1.29, 1.82) is 0 Å². The molecule has 1 heterocycles. The number of carbonyl (C=O) groups is 1. The fourth-order valence-electron chi connectivity index (χ4n) is 3.44. The lowest BCUT2D eigenvalue weighted by Crippen LogP contribution is -2.58. The van der Waals surface area contributed by atoms with Gasteiger partial charge in [0.2, 0.25) is 0 Å². The summed E-state index contributed by atoms with van der Waals surface area (Å²) in [7, 11) is 1.61. The van der Waals surface area contributed by atoms with Gasteiger partial charge in [0, 0.05) is 12.4 Å². The number of benzene rings is 1. The highest BCUT2D eigenvalue weighted by molar-refractivity contribution is 5.93. The van der Waals surface area contributed by atoms with Crippen LogP contribution in [0, 0.1) is 0 Å². The predicted molar refractivity (Wildman–Crippen MR) is 93.7 cm³/mol. The van der Waals surface area contributed by atoms with Crippen LogP contribution in [0.3, 0.4) is 0 Å². The van der Waals surface area contributed by atoms with Crippen LogP contribution in [0.5, 0.6) is 5.75 Å². The summed E-state index contributed by atoms with van der Waals surface area (Å²) in [5, 5.41) is 0. The van der Waals surface area contributed by atoms with Crippen molar-refractivity contribution in [2.24, 2.45) is 5.73 Å². The van der Waals surface area contributed by atoms with Gasteiger partial charge in [-0.3, -0.25) is 9.78 Å². The average Bonchev–Trinajstić information content (AvgIpc) is 2.62. The van der Waals surface area contributed by atoms with Crippen molar-refractivity contribution in [3.05, 3.63) is 84.2 Å². The molecule has 0 radical (unpaired) electrons. The largest absolute Gasteiger partial charge is 0.497 e. The second kappa shape index (κ2) is 6.06. The molecule has 2 atom stereocenters. The number of nitrogens with zero attached hydrogens (tertiary/aromatic N) is 1. The van der Waals surface area contributed by atoms with Gasteiger partial charge in [0.05, 0.1) is 18.1 Å². The molecular formula is C20H20N2O2. The second-order valence-corrected chi connectivity index (χ2v) is 5.92. The molecule has 1 aliphatic carbocycles. The quantitative estimate of drug-likeness (QED) is 0.941. The number of carbonyl (C=O) groups excluding carboxylic acids is 1. The van der Waals surface area contributed by atoms with E-state index in [4.69, 9.17) is 10.5 Å². The fraction of sp³-hybridized carbons (Fsp3) is 0.200. The van der Waals surface area contributed by atoms with Crippen molar-refractivity contribution >= 4 is 5.78 Å². The third-order valence-corrected chi connectivity index (χ3v) is 4.71. The molecule has 0 bridgehead atoms. The maximum atomic E-state index is 12.9. The molecule has 24 heavy (non-hydrogen) atoms. The Kier molecular flexibility index (Phi) is 4.08. The minimum atomic E-state index is -1.02. The van der Waals surface area contributed by atoms with Crippen LogP contribution in [0.4, 0.5) is 0 Å². The zero-order valence-corrected chi connectivity index (χ0v) is 13.8. The maximum Gasteiger partial charge on any atom is 0.146 e. The summed E-state index contributed by atoms with van der Waals surface area (Å²) in [6.07, 6.45) is 10.9. The Balaban J connectivity index is 2.29. The van der Waals surface area contributed by atoms with Crippen LogP contribution in [0.25, 0.3) is 0 Å². The van der Waals surface area contributed by atoms with Crippen molar-refractivity contribution in [3.8, 4) is 5.75 Å². The monoisotopic (exact) mass is 320 g/mol. The Labute approximate surface area is 141 Å². The van der Waals surface area contributed by atoms with Crippen LogP contribution in [0.1, 0.15) is 18.1 Å². The van der Waals surface area contributed by atoms with Gasteiger partial charge < -0.3 is 10.5 Å². The average molecular weight is 320 g/mol. The van der Waals surface area contributed by atoms with Gasteiger partial charge in [0.25, 0.3) is 0 Å². The first-order valence-corrected chi connectivity index (χ1v) is 7.76. The van der Waals surface area contributed by atoms with Crippen molar-refractivity contribution in [1.82, 2.24) is 4.98 Å². The standard InChI is InChI=1S/C20H20N2O2/c1-15(23)19(17-6-5-7-18(14-17)24-2)10-3-4-11-20(19,21)16-8-12-22-13-9-16/h3-14H,21H2,1-2H3. The minimum absolute atomic E-state index is 0.0318. The number of ketones is 1. The van der Waals surface area contributed by atoms with Crippen molar-refractivity contribution in [3.63, 3.8) is 0 Å². The van der Waals surface area contributed by atoms with E-state index in [1.54, 1.807) is 26.4 Å². The van der Waals surface area contributed by atoms with E-state index in [0.29, 0.717) is 5.75 Å². The SMILES string of the molecule is COc1cccc(C2(C(C)=O)C=CC=CC2(N)c2ccncc2)c1. The van der Waals surface area contributed by atoms with E-state index in [1.165, 1.54) is 0 Å². The highest BCUT2D eigenvalue weighted by Gasteiger charge is 2.52. The first-order valence-electron chi connectivity index (χ1n) is 7.76. The second-order valence-electron chi connectivity index (χ2n) is 5.92. The number of ether oxygens (including phenoxy) is 1. The lowest BCUT2D eigenvalue weighted by molar-refractivity contribution is -0.122. The molecule has 1 aliphatic rings. The van der Waals surface area contributed by atoms with E-state index in [2.05, 4.69) is 4.98 Å². The van der Waals surface area contributed by atoms with Crippen LogP contribution in [-0.4, -0.2) is 17.9 Å². The molecule has 0 amide bonds. The molecule has 2 N–H and O–H groups in total. The van der Waals surface area contributed by atoms with Gasteiger partial charge in [0.1, 0.15) is 11.5 Å². The summed E-state index contributed by atoms with van der Waals surface area (Å²) in [4.78, 5) is 16.9. The van der Waals surface area contributed by atoms with Crippen LogP contribution >= 0.6 is 0 Å². The van der Waals surface area contributed by atoms with Gasteiger partial charge in [-0.15, -0.1) is 0 Å².